The highest BCUT2D eigenvalue weighted by Crippen LogP contribution is 2.26. The van der Waals surface area contributed by atoms with Crippen molar-refractivity contribution in [2.75, 3.05) is 93.5 Å². The third-order valence-corrected chi connectivity index (χ3v) is 6.02. The van der Waals surface area contributed by atoms with Crippen molar-refractivity contribution in [3.05, 3.63) is 58.2 Å². The number of benzene rings is 2. The molecule has 256 valence electrons. The van der Waals surface area contributed by atoms with E-state index in [1.807, 2.05) is 0 Å². The van der Waals surface area contributed by atoms with Crippen molar-refractivity contribution in [1.29, 1.82) is 0 Å². The molecule has 0 bridgehead atoms. The molecule has 2 rings (SSSR count). The summed E-state index contributed by atoms with van der Waals surface area (Å²) < 4.78 is 187. The molecular formula is C26H30BF10O8-. The zero-order chi connectivity index (χ0) is 33.6. The maximum Gasteiger partial charge on any atom is 0.310 e. The van der Waals surface area contributed by atoms with Gasteiger partial charge in [0, 0.05) is 27.4 Å². The van der Waals surface area contributed by atoms with Gasteiger partial charge in [-0.1, -0.05) is 10.9 Å². The van der Waals surface area contributed by atoms with Crippen molar-refractivity contribution >= 4 is 17.5 Å². The van der Waals surface area contributed by atoms with Crippen LogP contribution in [0, 0.1) is 58.2 Å². The Morgan fingerprint density at radius 3 is 0.822 bits per heavy atom. The Hall–Kier alpha value is -2.52. The Morgan fingerprint density at radius 2 is 0.556 bits per heavy atom. The lowest BCUT2D eigenvalue weighted by atomic mass is 9.45. The highest BCUT2D eigenvalue weighted by atomic mass is 19.2. The van der Waals surface area contributed by atoms with E-state index in [-0.39, 0.29) is 52.9 Å². The summed E-state index contributed by atoms with van der Waals surface area (Å²) in [5, 5.41) is 0. The standard InChI is InChI=1S/C26H30BF10O8/c1-38-3-5-40-7-9-42-11-13-44-27(45-14-12-43-10-8-41-6-4-39-2,15-17(28)21(32)25(36)22(33)18(15)29)16-19(30)23(34)26(37)24(35)20(16)31/h3-14H2,1-2H3/q-1. The second-order valence-corrected chi connectivity index (χ2v) is 8.86. The normalized spacial score (nSPS) is 12.0. The fourth-order valence-corrected chi connectivity index (χ4v) is 3.91. The fraction of sp³-hybridized carbons (Fsp3) is 0.538. The third-order valence-electron chi connectivity index (χ3n) is 6.02. The number of ether oxygens (including phenoxy) is 6. The lowest BCUT2D eigenvalue weighted by molar-refractivity contribution is 0.00885. The van der Waals surface area contributed by atoms with Crippen molar-refractivity contribution in [3.8, 4) is 0 Å². The van der Waals surface area contributed by atoms with E-state index in [0.29, 0.717) is 0 Å². The lowest BCUT2D eigenvalue weighted by Gasteiger charge is -2.43. The van der Waals surface area contributed by atoms with Gasteiger partial charge in [0.25, 0.3) is 0 Å². The van der Waals surface area contributed by atoms with E-state index >= 15 is 17.6 Å². The van der Waals surface area contributed by atoms with Crippen LogP contribution >= 0.6 is 0 Å². The zero-order valence-electron chi connectivity index (χ0n) is 24.1. The molecule has 0 aliphatic carbocycles. The van der Waals surface area contributed by atoms with Crippen molar-refractivity contribution in [2.45, 2.75) is 0 Å². The van der Waals surface area contributed by atoms with Crippen LogP contribution in [0.3, 0.4) is 0 Å². The molecule has 0 N–H and O–H groups in total. The smallest absolute Gasteiger partial charge is 0.310 e. The monoisotopic (exact) mass is 671 g/mol. The fourth-order valence-electron chi connectivity index (χ4n) is 3.91. The van der Waals surface area contributed by atoms with Crippen LogP contribution in [0.15, 0.2) is 0 Å². The van der Waals surface area contributed by atoms with Gasteiger partial charge in [0.05, 0.1) is 66.1 Å². The Labute approximate surface area is 251 Å². The number of hydrogen-bond donors (Lipinski definition) is 0. The summed E-state index contributed by atoms with van der Waals surface area (Å²) >= 11 is 0. The van der Waals surface area contributed by atoms with E-state index in [0.717, 1.165) is 0 Å². The summed E-state index contributed by atoms with van der Waals surface area (Å²) in [6.07, 6.45) is 0. The molecule has 0 fully saturated rings. The van der Waals surface area contributed by atoms with Gasteiger partial charge in [-0.3, -0.25) is 0 Å². The van der Waals surface area contributed by atoms with E-state index < -0.39 is 102 Å². The van der Waals surface area contributed by atoms with Crippen LogP contribution in [0.25, 0.3) is 0 Å². The molecule has 0 aliphatic heterocycles. The highest BCUT2D eigenvalue weighted by Gasteiger charge is 2.46. The molecule has 0 amide bonds. The molecule has 0 saturated carbocycles. The molecule has 45 heavy (non-hydrogen) atoms. The first kappa shape index (κ1) is 38.7. The Bertz CT molecular complexity index is 1090. The summed E-state index contributed by atoms with van der Waals surface area (Å²) in [5.74, 6) is -26.6. The van der Waals surface area contributed by atoms with Gasteiger partial charge >= 0.3 is 6.55 Å². The minimum absolute atomic E-state index is 0.0159. The topological polar surface area (TPSA) is 73.8 Å². The molecule has 2 aromatic carbocycles. The largest absolute Gasteiger partial charge is 0.559 e. The van der Waals surface area contributed by atoms with E-state index in [4.69, 9.17) is 37.7 Å². The minimum Gasteiger partial charge on any atom is -0.559 e. The first-order valence-electron chi connectivity index (χ1n) is 13.2. The summed E-state index contributed by atoms with van der Waals surface area (Å²) in [6, 6.07) is 0. The first-order chi connectivity index (χ1) is 21.5. The molecule has 0 atom stereocenters. The zero-order valence-corrected chi connectivity index (χ0v) is 24.1. The quantitative estimate of drug-likeness (QED) is 0.0623. The van der Waals surface area contributed by atoms with E-state index in [9.17, 15) is 26.3 Å². The Morgan fingerprint density at radius 1 is 0.333 bits per heavy atom. The number of hydrogen-bond acceptors (Lipinski definition) is 8. The average molecular weight is 671 g/mol. The molecule has 0 aromatic heterocycles. The van der Waals surface area contributed by atoms with Crippen molar-refractivity contribution in [3.63, 3.8) is 0 Å². The van der Waals surface area contributed by atoms with Gasteiger partial charge in [-0.05, 0) is 0 Å². The van der Waals surface area contributed by atoms with Gasteiger partial charge in [-0.15, -0.1) is 0 Å². The second kappa shape index (κ2) is 19.2. The van der Waals surface area contributed by atoms with Gasteiger partial charge in [0.15, 0.2) is 34.9 Å². The predicted molar refractivity (Wildman–Crippen MR) is 136 cm³/mol. The highest BCUT2D eigenvalue weighted by molar-refractivity contribution is 6.92. The lowest BCUT2D eigenvalue weighted by Crippen LogP contribution is -2.68. The van der Waals surface area contributed by atoms with Crippen molar-refractivity contribution in [1.82, 2.24) is 0 Å². The maximum atomic E-state index is 15.2. The van der Waals surface area contributed by atoms with E-state index in [2.05, 4.69) is 0 Å². The number of rotatable bonds is 22. The average Bonchev–Trinajstić information content (AvgIpc) is 3.03. The minimum atomic E-state index is -4.94. The summed E-state index contributed by atoms with van der Waals surface area (Å²) in [7, 11) is 2.85. The van der Waals surface area contributed by atoms with Crippen LogP contribution in [0.2, 0.25) is 0 Å². The van der Waals surface area contributed by atoms with Crippen LogP contribution in [0.1, 0.15) is 0 Å². The van der Waals surface area contributed by atoms with E-state index in [1.165, 1.54) is 14.2 Å². The van der Waals surface area contributed by atoms with E-state index in [1.54, 1.807) is 0 Å². The summed E-state index contributed by atoms with van der Waals surface area (Å²) in [6.45, 7) is -7.57. The van der Waals surface area contributed by atoms with Crippen LogP contribution in [-0.4, -0.2) is 100 Å². The van der Waals surface area contributed by atoms with Crippen LogP contribution in [0.5, 0.6) is 0 Å². The van der Waals surface area contributed by atoms with Crippen LogP contribution < -0.4 is 10.9 Å². The molecular weight excluding hydrogens is 641 g/mol. The third kappa shape index (κ3) is 9.74. The van der Waals surface area contributed by atoms with Gasteiger partial charge in [0.2, 0.25) is 0 Å². The molecule has 2 aromatic rings. The molecule has 0 heterocycles. The first-order valence-corrected chi connectivity index (χ1v) is 13.2. The maximum absolute atomic E-state index is 15.2. The second-order valence-electron chi connectivity index (χ2n) is 8.86. The van der Waals surface area contributed by atoms with Gasteiger partial charge in [0.1, 0.15) is 23.3 Å². The molecule has 0 spiro atoms. The molecule has 0 saturated heterocycles. The predicted octanol–water partition coefficient (Wildman–Crippen LogP) is 3.03. The molecule has 0 unspecified atom stereocenters. The molecule has 0 radical (unpaired) electrons. The van der Waals surface area contributed by atoms with Gasteiger partial charge in [-0.25, -0.2) is 43.9 Å². The number of halogens is 10. The van der Waals surface area contributed by atoms with Crippen molar-refractivity contribution < 1.29 is 81.6 Å². The summed E-state index contributed by atoms with van der Waals surface area (Å²) in [4.78, 5) is 0. The summed E-state index contributed by atoms with van der Waals surface area (Å²) in [5.41, 5.74) is -4.28. The Kier molecular flexibility index (Phi) is 16.5. The SMILES string of the molecule is COCCOCCOCCO[B-](OCCOCCOCCOC)(c1c(F)c(F)c(F)c(F)c1F)c1c(F)c(F)c(F)c(F)c1F. The number of methoxy groups -OCH3 is 2. The molecule has 0 aliphatic rings. The van der Waals surface area contributed by atoms with Gasteiger partial charge < -0.3 is 37.7 Å². The molecule has 19 heteroatoms. The Balaban J connectivity index is 2.54. The van der Waals surface area contributed by atoms with Crippen LogP contribution in [0.4, 0.5) is 43.9 Å². The molecule has 8 nitrogen and oxygen atoms in total. The van der Waals surface area contributed by atoms with Crippen LogP contribution in [-0.2, 0) is 37.7 Å². The van der Waals surface area contributed by atoms with Gasteiger partial charge in [-0.2, -0.15) is 0 Å². The van der Waals surface area contributed by atoms with Crippen molar-refractivity contribution in [2.24, 2.45) is 0 Å².